The van der Waals surface area contributed by atoms with E-state index in [1.54, 1.807) is 23.1 Å². The minimum absolute atomic E-state index is 0.299. The third-order valence-electron chi connectivity index (χ3n) is 2.01. The maximum Gasteiger partial charge on any atom is 0.140 e. The lowest BCUT2D eigenvalue weighted by molar-refractivity contribution is -0.118. The van der Waals surface area contributed by atoms with Crippen molar-refractivity contribution in [2.24, 2.45) is 0 Å². The van der Waals surface area contributed by atoms with Gasteiger partial charge in [0.2, 0.25) is 0 Å². The second-order valence-electron chi connectivity index (χ2n) is 3.21. The first-order valence-electron chi connectivity index (χ1n) is 4.57. The number of rotatable bonds is 5. The van der Waals surface area contributed by atoms with Gasteiger partial charge < -0.3 is 0 Å². The minimum Gasteiger partial charge on any atom is -0.299 e. The Morgan fingerprint density at radius 3 is 2.71 bits per heavy atom. The Kier molecular flexibility index (Phi) is 4.62. The van der Waals surface area contributed by atoms with Crippen molar-refractivity contribution in [3.8, 4) is 0 Å². The van der Waals surface area contributed by atoms with Gasteiger partial charge in [0.25, 0.3) is 0 Å². The van der Waals surface area contributed by atoms with E-state index in [1.807, 2.05) is 20.1 Å². The highest BCUT2D eigenvalue weighted by Crippen LogP contribution is 2.17. The number of thiazole rings is 1. The third kappa shape index (κ3) is 3.42. The normalized spacial score (nSPS) is 10.5. The summed E-state index contributed by atoms with van der Waals surface area (Å²) in [4.78, 5) is 17.0. The van der Waals surface area contributed by atoms with E-state index < -0.39 is 0 Å². The van der Waals surface area contributed by atoms with Crippen molar-refractivity contribution in [3.05, 3.63) is 15.6 Å². The molecule has 1 aromatic rings. The van der Waals surface area contributed by atoms with Crippen LogP contribution in [-0.2, 0) is 11.2 Å². The molecule has 1 heterocycles. The molecule has 14 heavy (non-hydrogen) atoms. The largest absolute Gasteiger partial charge is 0.299 e. The average molecular weight is 229 g/mol. The summed E-state index contributed by atoms with van der Waals surface area (Å²) in [5.74, 6) is 1.22. The highest BCUT2D eigenvalue weighted by molar-refractivity contribution is 7.98. The van der Waals surface area contributed by atoms with Gasteiger partial charge in [0.15, 0.2) is 0 Å². The molecule has 1 rings (SSSR count). The van der Waals surface area contributed by atoms with Crippen molar-refractivity contribution in [1.82, 2.24) is 4.98 Å². The number of hydrogen-bond acceptors (Lipinski definition) is 4. The van der Waals surface area contributed by atoms with Crippen LogP contribution in [0.25, 0.3) is 0 Å². The van der Waals surface area contributed by atoms with Crippen LogP contribution in [-0.4, -0.2) is 22.8 Å². The fourth-order valence-corrected chi connectivity index (χ4v) is 2.48. The highest BCUT2D eigenvalue weighted by atomic mass is 32.2. The summed E-state index contributed by atoms with van der Waals surface area (Å²) in [6, 6.07) is 0. The molecule has 4 heteroatoms. The summed E-state index contributed by atoms with van der Waals surface area (Å²) in [5, 5.41) is 0.964. The van der Waals surface area contributed by atoms with E-state index in [0.29, 0.717) is 18.6 Å². The molecule has 0 aliphatic rings. The molecule has 0 saturated heterocycles. The number of nitrogens with zero attached hydrogens (tertiary/aromatic N) is 1. The van der Waals surface area contributed by atoms with E-state index in [4.69, 9.17) is 0 Å². The van der Waals surface area contributed by atoms with Crippen LogP contribution in [0.15, 0.2) is 0 Å². The molecule has 0 saturated carbocycles. The molecule has 0 amide bonds. The Balaban J connectivity index is 2.48. The summed E-state index contributed by atoms with van der Waals surface area (Å²) in [5.41, 5.74) is 1.06. The Morgan fingerprint density at radius 2 is 2.21 bits per heavy atom. The lowest BCUT2D eigenvalue weighted by atomic mass is 10.2. The van der Waals surface area contributed by atoms with E-state index in [1.165, 1.54) is 4.88 Å². The molecule has 0 atom stereocenters. The Labute approximate surface area is 93.1 Å². The number of Topliss-reactive ketones (excluding diaryl/α,β-unsaturated/α-hetero) is 1. The predicted molar refractivity (Wildman–Crippen MR) is 63.3 cm³/mol. The van der Waals surface area contributed by atoms with Crippen LogP contribution in [0.2, 0.25) is 0 Å². The zero-order valence-corrected chi connectivity index (χ0v) is 10.4. The summed E-state index contributed by atoms with van der Waals surface area (Å²) < 4.78 is 0. The van der Waals surface area contributed by atoms with Crippen LogP contribution < -0.4 is 0 Å². The summed E-state index contributed by atoms with van der Waals surface area (Å²) in [6.07, 6.45) is 3.20. The monoisotopic (exact) mass is 229 g/mol. The molecule has 0 N–H and O–H groups in total. The quantitative estimate of drug-likeness (QED) is 0.777. The van der Waals surface area contributed by atoms with Gasteiger partial charge in [-0.25, -0.2) is 4.98 Å². The van der Waals surface area contributed by atoms with Gasteiger partial charge in [0, 0.05) is 11.3 Å². The molecule has 78 valence electrons. The highest BCUT2D eigenvalue weighted by Gasteiger charge is 2.08. The molecule has 0 bridgehead atoms. The first-order valence-corrected chi connectivity index (χ1v) is 6.78. The van der Waals surface area contributed by atoms with Crippen LogP contribution in [0.1, 0.15) is 22.0 Å². The van der Waals surface area contributed by atoms with Gasteiger partial charge in [-0.2, -0.15) is 11.8 Å². The van der Waals surface area contributed by atoms with Crippen LogP contribution in [0.5, 0.6) is 0 Å². The number of carbonyl (C=O) groups is 1. The van der Waals surface area contributed by atoms with Crippen LogP contribution in [0, 0.1) is 13.8 Å². The maximum atomic E-state index is 11.4. The number of carbonyl (C=O) groups excluding carboxylic acids is 1. The Bertz CT molecular complexity index is 300. The van der Waals surface area contributed by atoms with E-state index >= 15 is 0 Å². The van der Waals surface area contributed by atoms with Crippen molar-refractivity contribution in [2.45, 2.75) is 26.7 Å². The van der Waals surface area contributed by atoms with Crippen LogP contribution >= 0.6 is 23.1 Å². The lowest BCUT2D eigenvalue weighted by Crippen LogP contribution is -2.03. The van der Waals surface area contributed by atoms with Crippen molar-refractivity contribution in [2.75, 3.05) is 12.0 Å². The van der Waals surface area contributed by atoms with Gasteiger partial charge in [-0.3, -0.25) is 4.79 Å². The van der Waals surface area contributed by atoms with Crippen molar-refractivity contribution in [3.63, 3.8) is 0 Å². The zero-order valence-electron chi connectivity index (χ0n) is 8.79. The number of aryl methyl sites for hydroxylation is 2. The standard InChI is InChI=1S/C10H15NOS2/c1-7-8(2)14-10(11-7)6-9(12)4-5-13-3/h4-6H2,1-3H3. The fourth-order valence-electron chi connectivity index (χ4n) is 1.09. The smallest absolute Gasteiger partial charge is 0.140 e. The van der Waals surface area contributed by atoms with Crippen molar-refractivity contribution in [1.29, 1.82) is 0 Å². The Hall–Kier alpha value is -0.350. The first-order chi connectivity index (χ1) is 6.63. The van der Waals surface area contributed by atoms with Crippen molar-refractivity contribution >= 4 is 28.9 Å². The molecular formula is C10H15NOS2. The topological polar surface area (TPSA) is 30.0 Å². The molecule has 0 unspecified atom stereocenters. The molecule has 1 aromatic heterocycles. The van der Waals surface area contributed by atoms with E-state index in [2.05, 4.69) is 4.98 Å². The third-order valence-corrected chi connectivity index (χ3v) is 3.69. The predicted octanol–water partition coefficient (Wildman–Crippen LogP) is 2.62. The zero-order chi connectivity index (χ0) is 10.6. The first kappa shape index (κ1) is 11.7. The number of hydrogen-bond donors (Lipinski definition) is 0. The summed E-state index contributed by atoms with van der Waals surface area (Å²) >= 11 is 3.35. The average Bonchev–Trinajstić information content (AvgIpc) is 2.42. The van der Waals surface area contributed by atoms with Gasteiger partial charge in [-0.05, 0) is 25.9 Å². The SMILES string of the molecule is CSCCC(=O)Cc1nc(C)c(C)s1. The molecule has 0 radical (unpaired) electrons. The van der Waals surface area contributed by atoms with Crippen LogP contribution in [0.4, 0.5) is 0 Å². The van der Waals surface area contributed by atoms with Gasteiger partial charge >= 0.3 is 0 Å². The molecule has 0 aliphatic heterocycles. The van der Waals surface area contributed by atoms with Crippen LogP contribution in [0.3, 0.4) is 0 Å². The number of thioether (sulfide) groups is 1. The van der Waals surface area contributed by atoms with E-state index in [-0.39, 0.29) is 0 Å². The summed E-state index contributed by atoms with van der Waals surface area (Å²) in [6.45, 7) is 4.03. The summed E-state index contributed by atoms with van der Waals surface area (Å²) in [7, 11) is 0. The van der Waals surface area contributed by atoms with E-state index in [0.717, 1.165) is 16.5 Å². The van der Waals surface area contributed by atoms with E-state index in [9.17, 15) is 4.79 Å². The molecular weight excluding hydrogens is 214 g/mol. The Morgan fingerprint density at radius 1 is 1.50 bits per heavy atom. The van der Waals surface area contributed by atoms with Gasteiger partial charge in [-0.15, -0.1) is 11.3 Å². The molecule has 0 fully saturated rings. The van der Waals surface area contributed by atoms with Crippen molar-refractivity contribution < 1.29 is 4.79 Å². The van der Waals surface area contributed by atoms with Gasteiger partial charge in [0.05, 0.1) is 12.1 Å². The fraction of sp³-hybridized carbons (Fsp3) is 0.600. The molecule has 0 aromatic carbocycles. The van der Waals surface area contributed by atoms with Gasteiger partial charge in [-0.1, -0.05) is 0 Å². The molecule has 2 nitrogen and oxygen atoms in total. The molecule has 0 spiro atoms. The lowest BCUT2D eigenvalue weighted by Gasteiger charge is -1.95. The number of ketones is 1. The number of aromatic nitrogens is 1. The second kappa shape index (κ2) is 5.51. The minimum atomic E-state index is 0.299. The second-order valence-corrected chi connectivity index (χ2v) is 5.48. The maximum absolute atomic E-state index is 11.4. The van der Waals surface area contributed by atoms with Gasteiger partial charge in [0.1, 0.15) is 10.8 Å². The molecule has 0 aliphatic carbocycles.